The molecule has 1 amide bonds. The lowest BCUT2D eigenvalue weighted by molar-refractivity contribution is -0.145. The fraction of sp³-hybridized carbons (Fsp3) is 0.500. The standard InChI is InChI=1S/C16H21ClFNO3/c1-3-4-5-6-10-22-16(21)11(2)19-15(20)12-8-7-9-13(17)14(12)18/h7-9,11H,3-6,10H2,1-2H3,(H,19,20). The Morgan fingerprint density at radius 3 is 2.73 bits per heavy atom. The average molecular weight is 330 g/mol. The fourth-order valence-corrected chi connectivity index (χ4v) is 2.01. The summed E-state index contributed by atoms with van der Waals surface area (Å²) in [6.07, 6.45) is 3.99. The second-order valence-electron chi connectivity index (χ2n) is 5.02. The van der Waals surface area contributed by atoms with Crippen molar-refractivity contribution in [3.8, 4) is 0 Å². The maximum atomic E-state index is 13.7. The molecule has 6 heteroatoms. The highest BCUT2D eigenvalue weighted by Crippen LogP contribution is 2.17. The Kier molecular flexibility index (Phi) is 7.88. The van der Waals surface area contributed by atoms with Crippen LogP contribution in [-0.2, 0) is 9.53 Å². The highest BCUT2D eigenvalue weighted by molar-refractivity contribution is 6.31. The van der Waals surface area contributed by atoms with Crippen LogP contribution in [0.5, 0.6) is 0 Å². The van der Waals surface area contributed by atoms with E-state index in [0.29, 0.717) is 6.61 Å². The molecule has 0 aliphatic heterocycles. The van der Waals surface area contributed by atoms with Crippen LogP contribution in [0.4, 0.5) is 4.39 Å². The van der Waals surface area contributed by atoms with E-state index in [9.17, 15) is 14.0 Å². The summed E-state index contributed by atoms with van der Waals surface area (Å²) in [5.41, 5.74) is -0.199. The van der Waals surface area contributed by atoms with E-state index in [0.717, 1.165) is 25.7 Å². The molecule has 1 aromatic carbocycles. The monoisotopic (exact) mass is 329 g/mol. The van der Waals surface area contributed by atoms with E-state index in [1.54, 1.807) is 0 Å². The number of carbonyl (C=O) groups is 2. The summed E-state index contributed by atoms with van der Waals surface area (Å²) in [7, 11) is 0. The van der Waals surface area contributed by atoms with Gasteiger partial charge in [0.1, 0.15) is 6.04 Å². The minimum Gasteiger partial charge on any atom is -0.464 e. The molecule has 0 spiro atoms. The van der Waals surface area contributed by atoms with Gasteiger partial charge in [0.05, 0.1) is 17.2 Å². The third-order valence-electron chi connectivity index (χ3n) is 3.14. The molecule has 0 radical (unpaired) electrons. The molecule has 4 nitrogen and oxygen atoms in total. The largest absolute Gasteiger partial charge is 0.464 e. The second kappa shape index (κ2) is 9.41. The van der Waals surface area contributed by atoms with Crippen molar-refractivity contribution >= 4 is 23.5 Å². The summed E-state index contributed by atoms with van der Waals surface area (Å²) >= 11 is 5.62. The molecule has 0 saturated heterocycles. The number of amides is 1. The van der Waals surface area contributed by atoms with Gasteiger partial charge in [0.2, 0.25) is 0 Å². The molecule has 122 valence electrons. The zero-order chi connectivity index (χ0) is 16.5. The molecule has 1 N–H and O–H groups in total. The Bertz CT molecular complexity index is 522. The topological polar surface area (TPSA) is 55.4 Å². The van der Waals surface area contributed by atoms with Crippen LogP contribution >= 0.6 is 11.6 Å². The summed E-state index contributed by atoms with van der Waals surface area (Å²) in [6.45, 7) is 3.91. The van der Waals surface area contributed by atoms with Crippen LogP contribution in [-0.4, -0.2) is 24.5 Å². The number of hydrogen-bond donors (Lipinski definition) is 1. The molecule has 0 aliphatic carbocycles. The minimum absolute atomic E-state index is 0.140. The third-order valence-corrected chi connectivity index (χ3v) is 3.43. The van der Waals surface area contributed by atoms with Gasteiger partial charge in [-0.2, -0.15) is 0 Å². The van der Waals surface area contributed by atoms with Gasteiger partial charge in [-0.1, -0.05) is 43.9 Å². The molecule has 0 aliphatic rings. The predicted molar refractivity (Wildman–Crippen MR) is 83.4 cm³/mol. The Hall–Kier alpha value is -1.62. The Morgan fingerprint density at radius 1 is 1.32 bits per heavy atom. The van der Waals surface area contributed by atoms with Crippen molar-refractivity contribution in [3.63, 3.8) is 0 Å². The number of ether oxygens (including phenoxy) is 1. The van der Waals surface area contributed by atoms with Gasteiger partial charge in [0.15, 0.2) is 5.82 Å². The van der Waals surface area contributed by atoms with Crippen LogP contribution in [0, 0.1) is 5.82 Å². The van der Waals surface area contributed by atoms with Crippen molar-refractivity contribution in [2.75, 3.05) is 6.61 Å². The van der Waals surface area contributed by atoms with Crippen LogP contribution in [0.1, 0.15) is 49.9 Å². The van der Waals surface area contributed by atoms with Gasteiger partial charge in [0.25, 0.3) is 5.91 Å². The highest BCUT2D eigenvalue weighted by Gasteiger charge is 2.20. The summed E-state index contributed by atoms with van der Waals surface area (Å²) in [5, 5.41) is 2.26. The summed E-state index contributed by atoms with van der Waals surface area (Å²) in [5.74, 6) is -2.04. The molecule has 0 saturated carbocycles. The van der Waals surface area contributed by atoms with E-state index >= 15 is 0 Å². The Labute approximate surface area is 135 Å². The number of carbonyl (C=O) groups excluding carboxylic acids is 2. The summed E-state index contributed by atoms with van der Waals surface area (Å²) < 4.78 is 18.8. The summed E-state index contributed by atoms with van der Waals surface area (Å²) in [4.78, 5) is 23.7. The SMILES string of the molecule is CCCCCCOC(=O)C(C)NC(=O)c1cccc(Cl)c1F. The molecule has 0 bridgehead atoms. The number of esters is 1. The van der Waals surface area contributed by atoms with Gasteiger partial charge >= 0.3 is 5.97 Å². The first-order valence-corrected chi connectivity index (χ1v) is 7.76. The smallest absolute Gasteiger partial charge is 0.328 e. The van der Waals surface area contributed by atoms with Crippen molar-refractivity contribution < 1.29 is 18.7 Å². The van der Waals surface area contributed by atoms with E-state index < -0.39 is 23.7 Å². The van der Waals surface area contributed by atoms with Gasteiger partial charge in [-0.25, -0.2) is 9.18 Å². The molecule has 0 heterocycles. The van der Waals surface area contributed by atoms with Crippen molar-refractivity contribution in [2.45, 2.75) is 45.6 Å². The molecular formula is C16H21ClFNO3. The zero-order valence-electron chi connectivity index (χ0n) is 12.8. The van der Waals surface area contributed by atoms with Gasteiger partial charge in [0, 0.05) is 0 Å². The van der Waals surface area contributed by atoms with Gasteiger partial charge < -0.3 is 10.1 Å². The first-order valence-electron chi connectivity index (χ1n) is 7.38. The molecule has 1 atom stereocenters. The number of nitrogens with one attached hydrogen (secondary N) is 1. The summed E-state index contributed by atoms with van der Waals surface area (Å²) in [6, 6.07) is 3.27. The molecular weight excluding hydrogens is 309 g/mol. The van der Waals surface area contributed by atoms with Crippen LogP contribution in [0.3, 0.4) is 0 Å². The Morgan fingerprint density at radius 2 is 2.05 bits per heavy atom. The van der Waals surface area contributed by atoms with Crippen molar-refractivity contribution in [2.24, 2.45) is 0 Å². The normalized spacial score (nSPS) is 11.8. The lowest BCUT2D eigenvalue weighted by Crippen LogP contribution is -2.40. The highest BCUT2D eigenvalue weighted by atomic mass is 35.5. The molecule has 22 heavy (non-hydrogen) atoms. The van der Waals surface area contributed by atoms with E-state index in [-0.39, 0.29) is 10.6 Å². The quantitative estimate of drug-likeness (QED) is 0.584. The fourth-order valence-electron chi connectivity index (χ4n) is 1.84. The maximum Gasteiger partial charge on any atom is 0.328 e. The molecule has 1 aromatic rings. The Balaban J connectivity index is 2.46. The lowest BCUT2D eigenvalue weighted by atomic mass is 10.2. The molecule has 1 rings (SSSR count). The van der Waals surface area contributed by atoms with Gasteiger partial charge in [-0.3, -0.25) is 4.79 Å². The van der Waals surface area contributed by atoms with E-state index in [2.05, 4.69) is 12.2 Å². The van der Waals surface area contributed by atoms with Crippen LogP contribution in [0.15, 0.2) is 18.2 Å². The van der Waals surface area contributed by atoms with Crippen LogP contribution in [0.2, 0.25) is 5.02 Å². The zero-order valence-corrected chi connectivity index (χ0v) is 13.6. The van der Waals surface area contributed by atoms with Crippen LogP contribution in [0.25, 0.3) is 0 Å². The predicted octanol–water partition coefficient (Wildman–Crippen LogP) is 3.72. The van der Waals surface area contributed by atoms with Crippen molar-refractivity contribution in [1.82, 2.24) is 5.32 Å². The number of halogens is 2. The van der Waals surface area contributed by atoms with E-state index in [1.807, 2.05) is 0 Å². The first-order chi connectivity index (χ1) is 10.5. The maximum absolute atomic E-state index is 13.7. The number of hydrogen-bond acceptors (Lipinski definition) is 3. The number of rotatable bonds is 8. The lowest BCUT2D eigenvalue weighted by Gasteiger charge is -2.14. The van der Waals surface area contributed by atoms with E-state index in [1.165, 1.54) is 25.1 Å². The van der Waals surface area contributed by atoms with Gasteiger partial charge in [-0.05, 0) is 25.5 Å². The second-order valence-corrected chi connectivity index (χ2v) is 5.43. The van der Waals surface area contributed by atoms with Crippen molar-refractivity contribution in [3.05, 3.63) is 34.6 Å². The third kappa shape index (κ3) is 5.64. The molecule has 0 aromatic heterocycles. The number of benzene rings is 1. The molecule has 1 unspecified atom stereocenters. The average Bonchev–Trinajstić information content (AvgIpc) is 2.49. The van der Waals surface area contributed by atoms with Crippen molar-refractivity contribution in [1.29, 1.82) is 0 Å². The van der Waals surface area contributed by atoms with Crippen LogP contribution < -0.4 is 5.32 Å². The first kappa shape index (κ1) is 18.4. The molecule has 0 fully saturated rings. The van der Waals surface area contributed by atoms with Gasteiger partial charge in [-0.15, -0.1) is 0 Å². The number of unbranched alkanes of at least 4 members (excludes halogenated alkanes) is 3. The minimum atomic E-state index is -0.850. The van der Waals surface area contributed by atoms with E-state index in [4.69, 9.17) is 16.3 Å².